The summed E-state index contributed by atoms with van der Waals surface area (Å²) in [4.78, 5) is 0. The molecule has 0 amide bonds. The molecule has 1 aliphatic rings. The van der Waals surface area contributed by atoms with Crippen LogP contribution in [0.15, 0.2) is 54.6 Å². The van der Waals surface area contributed by atoms with E-state index in [-0.39, 0.29) is 12.1 Å². The van der Waals surface area contributed by atoms with Crippen LogP contribution in [0.3, 0.4) is 0 Å². The Kier molecular flexibility index (Phi) is 3.54. The van der Waals surface area contributed by atoms with Gasteiger partial charge in [-0.1, -0.05) is 66.6 Å². The Morgan fingerprint density at radius 1 is 1.04 bits per heavy atom. The second kappa shape index (κ2) is 5.83. The van der Waals surface area contributed by atoms with E-state index in [1.165, 1.54) is 16.7 Å². The summed E-state index contributed by atoms with van der Waals surface area (Å²) >= 11 is 0. The first-order valence-corrected chi connectivity index (χ1v) is 8.03. The Morgan fingerprint density at radius 2 is 1.83 bits per heavy atom. The Morgan fingerprint density at radius 3 is 2.57 bits per heavy atom. The van der Waals surface area contributed by atoms with Crippen LogP contribution in [0.2, 0.25) is 0 Å². The summed E-state index contributed by atoms with van der Waals surface area (Å²) in [6.07, 6.45) is 1.98. The first-order chi connectivity index (χ1) is 11.3. The number of fused-ring (bicyclic) bond motifs is 1. The Bertz CT molecular complexity index is 779. The van der Waals surface area contributed by atoms with Gasteiger partial charge in [-0.05, 0) is 40.0 Å². The molecule has 1 N–H and O–H groups in total. The second-order valence-electron chi connectivity index (χ2n) is 5.90. The number of nitrogens with zero attached hydrogens (tertiary/aromatic N) is 4. The topological polar surface area (TPSA) is 55.6 Å². The van der Waals surface area contributed by atoms with Crippen LogP contribution in [0.1, 0.15) is 42.1 Å². The molecule has 0 saturated carbocycles. The van der Waals surface area contributed by atoms with Crippen LogP contribution in [0.5, 0.6) is 0 Å². The normalized spacial score (nSPS) is 19.9. The fourth-order valence-corrected chi connectivity index (χ4v) is 3.19. The summed E-state index contributed by atoms with van der Waals surface area (Å²) in [6.45, 7) is 2.17. The summed E-state index contributed by atoms with van der Waals surface area (Å²) in [6, 6.07) is 19.6. The zero-order chi connectivity index (χ0) is 15.6. The van der Waals surface area contributed by atoms with Crippen molar-refractivity contribution in [3.8, 4) is 0 Å². The minimum Gasteiger partial charge on any atom is -0.346 e. The van der Waals surface area contributed by atoms with Crippen LogP contribution in [-0.2, 0) is 6.42 Å². The van der Waals surface area contributed by atoms with Gasteiger partial charge in [0.1, 0.15) is 0 Å². The van der Waals surface area contributed by atoms with Gasteiger partial charge in [0.2, 0.25) is 5.95 Å². The summed E-state index contributed by atoms with van der Waals surface area (Å²) in [5.74, 6) is 0.731. The predicted octanol–water partition coefficient (Wildman–Crippen LogP) is 3.38. The van der Waals surface area contributed by atoms with Gasteiger partial charge in [-0.15, -0.1) is 0 Å². The van der Waals surface area contributed by atoms with Gasteiger partial charge in [0, 0.05) is 0 Å². The molecule has 0 aliphatic carbocycles. The minimum atomic E-state index is 0.151. The van der Waals surface area contributed by atoms with Gasteiger partial charge in [0.25, 0.3) is 0 Å². The van der Waals surface area contributed by atoms with Crippen molar-refractivity contribution in [1.82, 2.24) is 20.2 Å². The fraction of sp³-hybridized carbons (Fsp3) is 0.278. The first-order valence-electron chi connectivity index (χ1n) is 8.03. The number of nitrogens with one attached hydrogen (secondary N) is 1. The number of anilines is 1. The van der Waals surface area contributed by atoms with Crippen molar-refractivity contribution in [3.63, 3.8) is 0 Å². The lowest BCUT2D eigenvalue weighted by molar-refractivity contribution is 0.424. The molecule has 23 heavy (non-hydrogen) atoms. The van der Waals surface area contributed by atoms with Crippen molar-refractivity contribution < 1.29 is 0 Å². The Balaban J connectivity index is 1.69. The Hall–Kier alpha value is -2.69. The molecule has 1 aliphatic heterocycles. The van der Waals surface area contributed by atoms with E-state index in [0.29, 0.717) is 0 Å². The maximum absolute atomic E-state index is 4.16. The fourth-order valence-electron chi connectivity index (χ4n) is 3.19. The molecule has 5 heteroatoms. The molecule has 0 fully saturated rings. The highest BCUT2D eigenvalue weighted by molar-refractivity contribution is 5.38. The predicted molar refractivity (Wildman–Crippen MR) is 89.2 cm³/mol. The Labute approximate surface area is 135 Å². The molecule has 2 heterocycles. The minimum absolute atomic E-state index is 0.151. The lowest BCUT2D eigenvalue weighted by Gasteiger charge is -2.31. The summed E-state index contributed by atoms with van der Waals surface area (Å²) in [7, 11) is 0. The van der Waals surface area contributed by atoms with Gasteiger partial charge >= 0.3 is 0 Å². The molecular formula is C18H19N5. The SMILES string of the molecule is CCc1ccc([C@@H]2C[C@H](c3ccccc3)n3nnnc3N2)cc1. The molecule has 0 saturated heterocycles. The van der Waals surface area contributed by atoms with Crippen molar-refractivity contribution in [2.75, 3.05) is 5.32 Å². The summed E-state index contributed by atoms with van der Waals surface area (Å²) in [5.41, 5.74) is 3.86. The van der Waals surface area contributed by atoms with Crippen molar-refractivity contribution in [2.24, 2.45) is 0 Å². The van der Waals surface area contributed by atoms with E-state index in [4.69, 9.17) is 0 Å². The van der Waals surface area contributed by atoms with Gasteiger partial charge in [-0.3, -0.25) is 0 Å². The second-order valence-corrected chi connectivity index (χ2v) is 5.90. The summed E-state index contributed by atoms with van der Waals surface area (Å²) < 4.78 is 1.88. The van der Waals surface area contributed by atoms with Gasteiger partial charge in [-0.25, -0.2) is 4.68 Å². The van der Waals surface area contributed by atoms with E-state index in [2.05, 4.69) is 76.3 Å². The number of hydrogen-bond donors (Lipinski definition) is 1. The van der Waals surface area contributed by atoms with E-state index in [1.54, 1.807) is 0 Å². The molecule has 2 aromatic carbocycles. The number of aromatic nitrogens is 4. The lowest BCUT2D eigenvalue weighted by atomic mass is 9.93. The zero-order valence-corrected chi connectivity index (χ0v) is 13.1. The third-order valence-corrected chi connectivity index (χ3v) is 4.53. The van der Waals surface area contributed by atoms with E-state index in [0.717, 1.165) is 18.8 Å². The average molecular weight is 305 g/mol. The number of aryl methyl sites for hydroxylation is 1. The number of hydrogen-bond acceptors (Lipinski definition) is 4. The van der Waals surface area contributed by atoms with Crippen molar-refractivity contribution in [2.45, 2.75) is 31.8 Å². The number of tetrazole rings is 1. The average Bonchev–Trinajstić information content (AvgIpc) is 3.10. The largest absolute Gasteiger partial charge is 0.346 e. The van der Waals surface area contributed by atoms with Crippen LogP contribution in [0.4, 0.5) is 5.95 Å². The van der Waals surface area contributed by atoms with E-state index in [9.17, 15) is 0 Å². The number of benzene rings is 2. The standard InChI is InChI=1S/C18H19N5/c1-2-13-8-10-14(11-9-13)16-12-17(15-6-4-3-5-7-15)23-18(19-16)20-21-22-23/h3-11,16-17H,2,12H2,1H3,(H,19,20,22)/t16-,17+/m0/s1. The van der Waals surface area contributed by atoms with Crippen LogP contribution in [0, 0.1) is 0 Å². The smallest absolute Gasteiger partial charge is 0.243 e. The molecule has 3 aromatic rings. The van der Waals surface area contributed by atoms with E-state index >= 15 is 0 Å². The third-order valence-electron chi connectivity index (χ3n) is 4.53. The lowest BCUT2D eigenvalue weighted by Crippen LogP contribution is -2.28. The van der Waals surface area contributed by atoms with E-state index < -0.39 is 0 Å². The zero-order valence-electron chi connectivity index (χ0n) is 13.1. The summed E-state index contributed by atoms with van der Waals surface area (Å²) in [5, 5.41) is 15.6. The van der Waals surface area contributed by atoms with Gasteiger partial charge in [-0.2, -0.15) is 0 Å². The highest BCUT2D eigenvalue weighted by Crippen LogP contribution is 2.36. The molecule has 1 aromatic heterocycles. The third kappa shape index (κ3) is 2.59. The molecule has 2 atom stereocenters. The highest BCUT2D eigenvalue weighted by atomic mass is 15.6. The highest BCUT2D eigenvalue weighted by Gasteiger charge is 2.30. The van der Waals surface area contributed by atoms with Gasteiger partial charge < -0.3 is 5.32 Å². The maximum Gasteiger partial charge on any atom is 0.243 e. The number of rotatable bonds is 3. The van der Waals surface area contributed by atoms with Crippen LogP contribution < -0.4 is 5.32 Å². The van der Waals surface area contributed by atoms with Crippen LogP contribution in [0.25, 0.3) is 0 Å². The molecule has 0 unspecified atom stereocenters. The quantitative estimate of drug-likeness (QED) is 0.806. The molecule has 0 bridgehead atoms. The van der Waals surface area contributed by atoms with Crippen molar-refractivity contribution in [1.29, 1.82) is 0 Å². The van der Waals surface area contributed by atoms with Crippen molar-refractivity contribution >= 4 is 5.95 Å². The van der Waals surface area contributed by atoms with Crippen LogP contribution in [-0.4, -0.2) is 20.2 Å². The van der Waals surface area contributed by atoms with Crippen molar-refractivity contribution in [3.05, 3.63) is 71.3 Å². The van der Waals surface area contributed by atoms with E-state index in [1.807, 2.05) is 10.7 Å². The molecular weight excluding hydrogens is 286 g/mol. The molecule has 116 valence electrons. The molecule has 4 rings (SSSR count). The molecule has 5 nitrogen and oxygen atoms in total. The first kappa shape index (κ1) is 13.9. The maximum atomic E-state index is 4.16. The molecule has 0 radical (unpaired) electrons. The molecule has 0 spiro atoms. The monoisotopic (exact) mass is 305 g/mol. The van der Waals surface area contributed by atoms with Crippen LogP contribution >= 0.6 is 0 Å². The van der Waals surface area contributed by atoms with Gasteiger partial charge in [0.05, 0.1) is 12.1 Å². The van der Waals surface area contributed by atoms with Gasteiger partial charge in [0.15, 0.2) is 0 Å².